The Balaban J connectivity index is 1.35. The summed E-state index contributed by atoms with van der Waals surface area (Å²) in [6.07, 6.45) is -6.73. The molecule has 0 amide bonds. The van der Waals surface area contributed by atoms with Gasteiger partial charge in [-0.1, -0.05) is 29.9 Å². The summed E-state index contributed by atoms with van der Waals surface area (Å²) in [4.78, 5) is 0. The standard InChI is InChI=1S/C35H20F10O2/c1-2-19-4-10-31(46-18-19)22-7-6-21(27(36)16-22)5-3-20-13-29(38)32(30(39)14-20)35(44,45)47-24-8-9-25-23(15-24)17-28(37)26(33(25)40)11-12-34(41,42)43/h2,6-9,13-17,19,31H,1,4,10,18H2. The highest BCUT2D eigenvalue weighted by atomic mass is 19.4. The summed E-state index contributed by atoms with van der Waals surface area (Å²) in [5.41, 5.74) is -2.93. The molecule has 5 rings (SSSR count). The number of rotatable bonds is 5. The van der Waals surface area contributed by atoms with Crippen LogP contribution in [0.4, 0.5) is 43.9 Å². The van der Waals surface area contributed by atoms with Crippen molar-refractivity contribution in [3.8, 4) is 29.4 Å². The zero-order chi connectivity index (χ0) is 34.1. The summed E-state index contributed by atoms with van der Waals surface area (Å²) >= 11 is 0. The van der Waals surface area contributed by atoms with Crippen molar-refractivity contribution < 1.29 is 53.4 Å². The van der Waals surface area contributed by atoms with Crippen LogP contribution in [0.25, 0.3) is 10.8 Å². The van der Waals surface area contributed by atoms with E-state index >= 15 is 0 Å². The molecule has 1 heterocycles. The second-order valence-corrected chi connectivity index (χ2v) is 10.5. The molecule has 4 aromatic rings. The molecule has 1 aliphatic rings. The summed E-state index contributed by atoms with van der Waals surface area (Å²) in [6, 6.07) is 7.97. The van der Waals surface area contributed by atoms with Crippen molar-refractivity contribution in [1.29, 1.82) is 0 Å². The monoisotopic (exact) mass is 662 g/mol. The lowest BCUT2D eigenvalue weighted by Crippen LogP contribution is -2.25. The lowest BCUT2D eigenvalue weighted by Gasteiger charge is -2.27. The number of hydrogen-bond acceptors (Lipinski definition) is 2. The Morgan fingerprint density at radius 1 is 0.787 bits per heavy atom. The molecule has 1 saturated heterocycles. The van der Waals surface area contributed by atoms with E-state index in [4.69, 9.17) is 4.74 Å². The fraction of sp³-hybridized carbons (Fsp3) is 0.200. The minimum Gasteiger partial charge on any atom is -0.429 e. The molecule has 2 unspecified atom stereocenters. The van der Waals surface area contributed by atoms with Gasteiger partial charge in [-0.15, -0.1) is 6.58 Å². The summed E-state index contributed by atoms with van der Waals surface area (Å²) in [5.74, 6) is -0.963. The zero-order valence-electron chi connectivity index (χ0n) is 23.9. The highest BCUT2D eigenvalue weighted by Crippen LogP contribution is 2.37. The molecule has 1 aliphatic heterocycles. The predicted molar refractivity (Wildman–Crippen MR) is 152 cm³/mol. The smallest absolute Gasteiger partial charge is 0.429 e. The topological polar surface area (TPSA) is 18.5 Å². The van der Waals surface area contributed by atoms with Gasteiger partial charge in [0, 0.05) is 22.8 Å². The largest absolute Gasteiger partial charge is 0.458 e. The molecule has 242 valence electrons. The van der Waals surface area contributed by atoms with Crippen molar-refractivity contribution in [2.24, 2.45) is 5.92 Å². The Hall–Kier alpha value is -4.94. The first kappa shape index (κ1) is 33.4. The molecule has 0 saturated carbocycles. The lowest BCUT2D eigenvalue weighted by molar-refractivity contribution is -0.189. The normalized spacial score (nSPS) is 16.6. The summed E-state index contributed by atoms with van der Waals surface area (Å²) in [6.45, 7) is 4.18. The maximum atomic E-state index is 15.0. The quantitative estimate of drug-likeness (QED) is 0.120. The molecule has 4 aromatic carbocycles. The van der Waals surface area contributed by atoms with Crippen molar-refractivity contribution >= 4 is 10.8 Å². The van der Waals surface area contributed by atoms with Crippen LogP contribution in [-0.4, -0.2) is 12.8 Å². The molecular weight excluding hydrogens is 642 g/mol. The molecular formula is C35H20F10O2. The zero-order valence-corrected chi connectivity index (χ0v) is 23.9. The molecule has 0 bridgehead atoms. The molecule has 0 spiro atoms. The minimum absolute atomic E-state index is 0.115. The van der Waals surface area contributed by atoms with Gasteiger partial charge < -0.3 is 9.47 Å². The van der Waals surface area contributed by atoms with Crippen molar-refractivity contribution in [1.82, 2.24) is 0 Å². The average Bonchev–Trinajstić information content (AvgIpc) is 2.99. The molecule has 0 aliphatic carbocycles. The minimum atomic E-state index is -5.03. The van der Waals surface area contributed by atoms with Gasteiger partial charge in [-0.2, -0.15) is 22.0 Å². The van der Waals surface area contributed by atoms with E-state index in [0.29, 0.717) is 42.9 Å². The van der Waals surface area contributed by atoms with Gasteiger partial charge in [0.15, 0.2) is 0 Å². The molecule has 1 fully saturated rings. The molecule has 0 radical (unpaired) electrons. The number of halogens is 10. The van der Waals surface area contributed by atoms with Crippen LogP contribution in [0.15, 0.2) is 67.3 Å². The Morgan fingerprint density at radius 3 is 2.13 bits per heavy atom. The first-order chi connectivity index (χ1) is 22.1. The predicted octanol–water partition coefficient (Wildman–Crippen LogP) is 9.63. The maximum absolute atomic E-state index is 15.0. The van der Waals surface area contributed by atoms with E-state index in [-0.39, 0.29) is 17.6 Å². The molecule has 47 heavy (non-hydrogen) atoms. The fourth-order valence-corrected chi connectivity index (χ4v) is 4.94. The van der Waals surface area contributed by atoms with Crippen molar-refractivity contribution in [2.45, 2.75) is 31.2 Å². The van der Waals surface area contributed by atoms with Gasteiger partial charge in [0.2, 0.25) is 0 Å². The van der Waals surface area contributed by atoms with E-state index in [1.165, 1.54) is 18.1 Å². The molecule has 0 N–H and O–H groups in total. The first-order valence-electron chi connectivity index (χ1n) is 13.8. The highest BCUT2D eigenvalue weighted by Gasteiger charge is 2.41. The third-order valence-corrected chi connectivity index (χ3v) is 7.26. The summed E-state index contributed by atoms with van der Waals surface area (Å²) in [7, 11) is 0. The third kappa shape index (κ3) is 7.55. The second-order valence-electron chi connectivity index (χ2n) is 10.5. The number of alkyl halides is 5. The van der Waals surface area contributed by atoms with Crippen LogP contribution in [0.1, 0.15) is 46.8 Å². The van der Waals surface area contributed by atoms with Gasteiger partial charge in [-0.05, 0) is 72.3 Å². The van der Waals surface area contributed by atoms with Gasteiger partial charge in [0.1, 0.15) is 40.4 Å². The molecule has 2 atom stereocenters. The van der Waals surface area contributed by atoms with E-state index in [1.54, 1.807) is 12.1 Å². The van der Waals surface area contributed by atoms with Crippen molar-refractivity contribution in [3.05, 3.63) is 124 Å². The Morgan fingerprint density at radius 2 is 1.51 bits per heavy atom. The van der Waals surface area contributed by atoms with Crippen LogP contribution in [0, 0.1) is 58.7 Å². The van der Waals surface area contributed by atoms with Crippen LogP contribution in [0.3, 0.4) is 0 Å². The Bertz CT molecular complexity index is 1960. The van der Waals surface area contributed by atoms with Crippen molar-refractivity contribution in [2.75, 3.05) is 6.61 Å². The van der Waals surface area contributed by atoms with Crippen LogP contribution in [0.2, 0.25) is 0 Å². The molecule has 0 aromatic heterocycles. The fourth-order valence-electron chi connectivity index (χ4n) is 4.94. The highest BCUT2D eigenvalue weighted by molar-refractivity contribution is 5.86. The second kappa shape index (κ2) is 13.0. The van der Waals surface area contributed by atoms with E-state index < -0.39 is 74.6 Å². The van der Waals surface area contributed by atoms with E-state index in [0.717, 1.165) is 24.5 Å². The molecule has 2 nitrogen and oxygen atoms in total. The van der Waals surface area contributed by atoms with Crippen molar-refractivity contribution in [3.63, 3.8) is 0 Å². The SMILES string of the molecule is C=CC1CCC(c2ccc(C#Cc3cc(F)c(C(F)(F)Oc4ccc5c(F)c(C#CC(F)(F)F)c(F)cc5c4)c(F)c3)c(F)c2)OC1. The Labute approximate surface area is 261 Å². The van der Waals surface area contributed by atoms with E-state index in [2.05, 4.69) is 23.2 Å². The van der Waals surface area contributed by atoms with E-state index in [1.807, 2.05) is 0 Å². The van der Waals surface area contributed by atoms with Gasteiger partial charge in [0.05, 0.1) is 23.8 Å². The lowest BCUT2D eigenvalue weighted by atomic mass is 9.94. The first-order valence-corrected chi connectivity index (χ1v) is 13.8. The van der Waals surface area contributed by atoms with Crippen LogP contribution < -0.4 is 4.74 Å². The van der Waals surface area contributed by atoms with Gasteiger partial charge in [-0.25, -0.2) is 22.0 Å². The molecule has 12 heteroatoms. The Kier molecular flexibility index (Phi) is 9.28. The van der Waals surface area contributed by atoms with Crippen LogP contribution in [-0.2, 0) is 10.8 Å². The van der Waals surface area contributed by atoms with Gasteiger partial charge >= 0.3 is 12.3 Å². The van der Waals surface area contributed by atoms with Crippen LogP contribution >= 0.6 is 0 Å². The number of fused-ring (bicyclic) bond motifs is 1. The number of benzene rings is 4. The van der Waals surface area contributed by atoms with Crippen LogP contribution in [0.5, 0.6) is 5.75 Å². The maximum Gasteiger partial charge on any atom is 0.458 e. The number of ether oxygens (including phenoxy) is 2. The summed E-state index contributed by atoms with van der Waals surface area (Å²) < 4.78 is 151. The van der Waals surface area contributed by atoms with Gasteiger partial charge in [-0.3, -0.25) is 0 Å². The van der Waals surface area contributed by atoms with Gasteiger partial charge in [0.25, 0.3) is 0 Å². The van der Waals surface area contributed by atoms with E-state index in [9.17, 15) is 43.9 Å². The average molecular weight is 663 g/mol. The third-order valence-electron chi connectivity index (χ3n) is 7.26. The summed E-state index contributed by atoms with van der Waals surface area (Å²) in [5, 5.41) is -0.894. The number of hydrogen-bond donors (Lipinski definition) is 0.